The number of primary amides is 1. The molecule has 5 heteroatoms. The first-order valence-electron chi connectivity index (χ1n) is 7.05. The largest absolute Gasteiger partial charge is 0.368 e. The highest BCUT2D eigenvalue weighted by atomic mass is 16.1. The van der Waals surface area contributed by atoms with Crippen LogP contribution in [0.15, 0.2) is 24.4 Å². The summed E-state index contributed by atoms with van der Waals surface area (Å²) in [4.78, 5) is 17.9. The third-order valence-corrected chi connectivity index (χ3v) is 3.79. The van der Waals surface area contributed by atoms with Crippen molar-refractivity contribution in [1.82, 2.24) is 15.2 Å². The van der Waals surface area contributed by atoms with E-state index in [4.69, 9.17) is 5.73 Å². The van der Waals surface area contributed by atoms with Gasteiger partial charge in [0.2, 0.25) is 5.91 Å². The molecule has 1 atom stereocenters. The summed E-state index contributed by atoms with van der Waals surface area (Å²) in [5.74, 6) is -0.295. The summed E-state index contributed by atoms with van der Waals surface area (Å²) in [5, 5.41) is 3.01. The molecule has 0 saturated carbocycles. The number of hydrogen-bond acceptors (Lipinski definition) is 4. The Morgan fingerprint density at radius 1 is 1.45 bits per heavy atom. The maximum Gasteiger partial charge on any atom is 0.237 e. The summed E-state index contributed by atoms with van der Waals surface area (Å²) in [6.07, 6.45) is 4.43. The van der Waals surface area contributed by atoms with Crippen LogP contribution in [0.3, 0.4) is 0 Å². The normalized spacial score (nSPS) is 14.2. The molecule has 0 saturated heterocycles. The third kappa shape index (κ3) is 5.27. The van der Waals surface area contributed by atoms with Crippen molar-refractivity contribution in [3.63, 3.8) is 0 Å². The molecule has 0 aliphatic rings. The van der Waals surface area contributed by atoms with Crippen LogP contribution in [0.4, 0.5) is 0 Å². The smallest absolute Gasteiger partial charge is 0.237 e. The van der Waals surface area contributed by atoms with Crippen LogP contribution in [0.2, 0.25) is 0 Å². The highest BCUT2D eigenvalue weighted by molar-refractivity contribution is 5.84. The van der Waals surface area contributed by atoms with Crippen LogP contribution in [-0.4, -0.2) is 48.5 Å². The first-order valence-corrected chi connectivity index (χ1v) is 7.05. The van der Waals surface area contributed by atoms with Gasteiger partial charge in [-0.3, -0.25) is 9.78 Å². The fraction of sp³-hybridized carbons (Fsp3) is 0.600. The standard InChI is InChI=1S/C15H26N4O/c1-15(17-2,14(16)20)9-6-11-19(3)12-8-13-7-4-5-10-18-13/h4-5,7,10,17H,6,8-9,11-12H2,1-3H3,(H2,16,20). The number of amides is 1. The van der Waals surface area contributed by atoms with Gasteiger partial charge in [0.15, 0.2) is 0 Å². The molecule has 0 radical (unpaired) electrons. The van der Waals surface area contributed by atoms with Crippen molar-refractivity contribution in [2.24, 2.45) is 5.73 Å². The van der Waals surface area contributed by atoms with Gasteiger partial charge in [-0.15, -0.1) is 0 Å². The summed E-state index contributed by atoms with van der Waals surface area (Å²) in [7, 11) is 3.86. The Labute approximate surface area is 121 Å². The minimum atomic E-state index is -0.609. The molecule has 1 unspecified atom stereocenters. The molecule has 5 nitrogen and oxygen atoms in total. The molecule has 0 fully saturated rings. The average molecular weight is 278 g/mol. The Morgan fingerprint density at radius 2 is 2.20 bits per heavy atom. The maximum absolute atomic E-state index is 11.4. The molecule has 112 valence electrons. The second kappa shape index (κ2) is 7.97. The van der Waals surface area contributed by atoms with Gasteiger partial charge in [0.25, 0.3) is 0 Å². The van der Waals surface area contributed by atoms with Crippen molar-refractivity contribution in [1.29, 1.82) is 0 Å². The molecule has 1 amide bonds. The Kier molecular flexibility index (Phi) is 6.61. The maximum atomic E-state index is 11.4. The second-order valence-electron chi connectivity index (χ2n) is 5.42. The molecule has 3 N–H and O–H groups in total. The van der Waals surface area contributed by atoms with E-state index in [1.54, 1.807) is 7.05 Å². The predicted octanol–water partition coefficient (Wildman–Crippen LogP) is 0.800. The van der Waals surface area contributed by atoms with Crippen molar-refractivity contribution in [3.05, 3.63) is 30.1 Å². The van der Waals surface area contributed by atoms with Crippen molar-refractivity contribution in [3.8, 4) is 0 Å². The van der Waals surface area contributed by atoms with E-state index in [0.29, 0.717) is 0 Å². The van der Waals surface area contributed by atoms with Crippen LogP contribution in [0.1, 0.15) is 25.5 Å². The lowest BCUT2D eigenvalue weighted by Crippen LogP contribution is -2.51. The lowest BCUT2D eigenvalue weighted by atomic mass is 9.95. The highest BCUT2D eigenvalue weighted by Crippen LogP contribution is 2.11. The Hall–Kier alpha value is -1.46. The number of nitrogens with two attached hydrogens (primary N) is 1. The van der Waals surface area contributed by atoms with Crippen LogP contribution in [0.25, 0.3) is 0 Å². The number of aromatic nitrogens is 1. The summed E-state index contributed by atoms with van der Waals surface area (Å²) in [6.45, 7) is 3.75. The van der Waals surface area contributed by atoms with Crippen LogP contribution in [0, 0.1) is 0 Å². The van der Waals surface area contributed by atoms with Crippen LogP contribution in [-0.2, 0) is 11.2 Å². The highest BCUT2D eigenvalue weighted by Gasteiger charge is 2.28. The first kappa shape index (κ1) is 16.6. The number of hydrogen-bond donors (Lipinski definition) is 2. The van der Waals surface area contributed by atoms with Gasteiger partial charge in [-0.05, 0) is 52.5 Å². The van der Waals surface area contributed by atoms with Gasteiger partial charge in [0.05, 0.1) is 5.54 Å². The van der Waals surface area contributed by atoms with Gasteiger partial charge < -0.3 is 16.0 Å². The lowest BCUT2D eigenvalue weighted by molar-refractivity contribution is -0.123. The molecule has 0 aromatic carbocycles. The first-order chi connectivity index (χ1) is 9.48. The van der Waals surface area contributed by atoms with Crippen molar-refractivity contribution < 1.29 is 4.79 Å². The molecule has 1 rings (SSSR count). The van der Waals surface area contributed by atoms with Crippen LogP contribution < -0.4 is 11.1 Å². The molecular formula is C15H26N4O. The topological polar surface area (TPSA) is 71.2 Å². The summed E-state index contributed by atoms with van der Waals surface area (Å²) in [5.41, 5.74) is 5.91. The molecule has 20 heavy (non-hydrogen) atoms. The van der Waals surface area contributed by atoms with Gasteiger partial charge in [0, 0.05) is 24.9 Å². The molecule has 1 heterocycles. The van der Waals surface area contributed by atoms with Crippen LogP contribution in [0.5, 0.6) is 0 Å². The van der Waals surface area contributed by atoms with Gasteiger partial charge in [-0.1, -0.05) is 6.07 Å². The minimum absolute atomic E-state index is 0.295. The van der Waals surface area contributed by atoms with E-state index in [0.717, 1.165) is 38.0 Å². The summed E-state index contributed by atoms with van der Waals surface area (Å²) >= 11 is 0. The van der Waals surface area contributed by atoms with E-state index in [1.807, 2.05) is 31.3 Å². The van der Waals surface area contributed by atoms with Crippen molar-refractivity contribution in [2.75, 3.05) is 27.2 Å². The fourth-order valence-corrected chi connectivity index (χ4v) is 2.04. The van der Waals surface area contributed by atoms with Gasteiger partial charge in [-0.2, -0.15) is 0 Å². The zero-order valence-electron chi connectivity index (χ0n) is 12.7. The molecule has 0 aliphatic carbocycles. The van der Waals surface area contributed by atoms with Crippen LogP contribution >= 0.6 is 0 Å². The number of pyridine rings is 1. The predicted molar refractivity (Wildman–Crippen MR) is 81.3 cm³/mol. The number of nitrogens with zero attached hydrogens (tertiary/aromatic N) is 2. The third-order valence-electron chi connectivity index (χ3n) is 3.79. The number of carbonyl (C=O) groups excluding carboxylic acids is 1. The Morgan fingerprint density at radius 3 is 2.75 bits per heavy atom. The van der Waals surface area contributed by atoms with E-state index in [-0.39, 0.29) is 5.91 Å². The summed E-state index contributed by atoms with van der Waals surface area (Å²) < 4.78 is 0. The zero-order valence-corrected chi connectivity index (χ0v) is 12.7. The number of carbonyl (C=O) groups is 1. The van der Waals surface area contributed by atoms with Gasteiger partial charge in [-0.25, -0.2) is 0 Å². The van der Waals surface area contributed by atoms with Crippen molar-refractivity contribution in [2.45, 2.75) is 31.7 Å². The van der Waals surface area contributed by atoms with E-state index in [1.165, 1.54) is 0 Å². The average Bonchev–Trinajstić information content (AvgIpc) is 2.45. The molecule has 0 aliphatic heterocycles. The van der Waals surface area contributed by atoms with Crippen molar-refractivity contribution >= 4 is 5.91 Å². The lowest BCUT2D eigenvalue weighted by Gasteiger charge is -2.26. The monoisotopic (exact) mass is 278 g/mol. The molecule has 0 spiro atoms. The van der Waals surface area contributed by atoms with Gasteiger partial charge >= 0.3 is 0 Å². The minimum Gasteiger partial charge on any atom is -0.368 e. The quantitative estimate of drug-likeness (QED) is 0.701. The number of nitrogens with one attached hydrogen (secondary N) is 1. The molecule has 1 aromatic rings. The summed E-state index contributed by atoms with van der Waals surface area (Å²) in [6, 6.07) is 5.97. The second-order valence-corrected chi connectivity index (χ2v) is 5.42. The number of likely N-dealkylation sites (N-methyl/N-ethyl adjacent to an activating group) is 2. The fourth-order valence-electron chi connectivity index (χ4n) is 2.04. The SMILES string of the molecule is CNC(C)(CCCN(C)CCc1ccccn1)C(N)=O. The van der Waals surface area contributed by atoms with E-state index in [9.17, 15) is 4.79 Å². The van der Waals surface area contributed by atoms with Gasteiger partial charge in [0.1, 0.15) is 0 Å². The molecule has 0 bridgehead atoms. The van der Waals surface area contributed by atoms with E-state index < -0.39 is 5.54 Å². The Bertz CT molecular complexity index is 410. The number of rotatable bonds is 9. The zero-order chi connectivity index (χ0) is 15.0. The van der Waals surface area contributed by atoms with E-state index in [2.05, 4.69) is 22.2 Å². The Balaban J connectivity index is 2.26. The molecular weight excluding hydrogens is 252 g/mol. The van der Waals surface area contributed by atoms with E-state index >= 15 is 0 Å². The molecule has 1 aromatic heterocycles.